The highest BCUT2D eigenvalue weighted by Gasteiger charge is 2.10. The van der Waals surface area contributed by atoms with Gasteiger partial charge in [0.1, 0.15) is 17.7 Å². The first kappa shape index (κ1) is 17.7. The molecule has 134 valence electrons. The van der Waals surface area contributed by atoms with Crippen LogP contribution in [0.5, 0.6) is 0 Å². The predicted octanol–water partition coefficient (Wildman–Crippen LogP) is 3.20. The molecule has 0 bridgehead atoms. The van der Waals surface area contributed by atoms with E-state index in [9.17, 15) is 4.79 Å². The Kier molecular flexibility index (Phi) is 6.08. The monoisotopic (exact) mass is 335 g/mol. The molecule has 0 aliphatic carbocycles. The Bertz CT molecular complexity index is 797. The van der Waals surface area contributed by atoms with Crippen LogP contribution < -0.4 is 5.73 Å². The van der Waals surface area contributed by atoms with Gasteiger partial charge in [-0.15, -0.1) is 0 Å². The fourth-order valence-corrected chi connectivity index (χ4v) is 2.32. The van der Waals surface area contributed by atoms with Gasteiger partial charge in [0, 0.05) is 34.2 Å². The second-order valence-electron chi connectivity index (χ2n) is 5.49. The van der Waals surface area contributed by atoms with E-state index in [2.05, 4.69) is 33.8 Å². The maximum Gasteiger partial charge on any atom is 0.265 e. The van der Waals surface area contributed by atoms with Crippen molar-refractivity contribution in [2.45, 2.75) is 26.7 Å². The summed E-state index contributed by atoms with van der Waals surface area (Å²) in [6.45, 7) is 4.56. The molecule has 3 aromatic rings. The molecule has 3 rings (SSSR count). The van der Waals surface area contributed by atoms with Crippen LogP contribution >= 0.6 is 0 Å². The van der Waals surface area contributed by atoms with Crippen molar-refractivity contribution < 1.29 is 14.2 Å². The lowest BCUT2D eigenvalue weighted by molar-refractivity contribution is 0.0996. The Morgan fingerprint density at radius 2 is 2.08 bits per heavy atom. The molecule has 3 aromatic heterocycles. The summed E-state index contributed by atoms with van der Waals surface area (Å²) in [5.41, 5.74) is 7.89. The van der Waals surface area contributed by atoms with Crippen molar-refractivity contribution in [1.29, 1.82) is 0 Å². The molecular weight excluding hydrogens is 306 g/mol. The first-order valence-electron chi connectivity index (χ1n) is 7.98. The summed E-state index contributed by atoms with van der Waals surface area (Å²) in [7, 11) is 0. The van der Waals surface area contributed by atoms with Gasteiger partial charge in [0.15, 0.2) is 0 Å². The van der Waals surface area contributed by atoms with Crippen molar-refractivity contribution in [3.05, 3.63) is 36.5 Å². The molecule has 7 heteroatoms. The molecule has 0 unspecified atom stereocenters. The minimum atomic E-state index is -0.490. The van der Waals surface area contributed by atoms with Gasteiger partial charge < -0.3 is 20.8 Å². The highest BCUT2D eigenvalue weighted by atomic mass is 16.3. The van der Waals surface area contributed by atoms with E-state index in [4.69, 9.17) is 10.8 Å². The quantitative estimate of drug-likeness (QED) is 0.572. The molecule has 7 nitrogen and oxygen atoms in total. The van der Waals surface area contributed by atoms with Gasteiger partial charge in [0.05, 0.1) is 5.69 Å². The molecule has 3 heterocycles. The Balaban J connectivity index is 0. The number of nitrogens with two attached hydrogens (primary N) is 1. The zero-order valence-corrected chi connectivity index (χ0v) is 13.9. The van der Waals surface area contributed by atoms with Crippen molar-refractivity contribution in [2.75, 3.05) is 6.61 Å². The normalized spacial score (nSPS) is 10.7. The van der Waals surface area contributed by atoms with Crippen LogP contribution in [-0.2, 0) is 0 Å². The molecule has 0 aromatic carbocycles. The van der Waals surface area contributed by atoms with Gasteiger partial charge in [-0.1, -0.05) is 26.7 Å². The second kappa shape index (κ2) is 8.26. The smallest absolute Gasteiger partial charge is 0.265 e. The van der Waals surface area contributed by atoms with Gasteiger partial charge in [0.25, 0.3) is 5.91 Å². The molecule has 0 spiro atoms. The van der Waals surface area contributed by atoms with E-state index in [1.165, 1.54) is 6.33 Å². The SMILES string of the molecule is CCC(CC)CO.NC(=O)c1cc(-c2ncnc3[nH]ccc23)c[nH]1.[HH].[HH].[HH]. The molecule has 0 radical (unpaired) electrons. The first-order valence-corrected chi connectivity index (χ1v) is 7.98. The number of aromatic amines is 2. The standard InChI is InChI=1S/C11H9N5O.C6H14O.3H2/c12-10(17)8-3-6(4-14-8)9-7-1-2-13-11(7)16-5-15-9;1-3-6(4-2)5-7;;;/h1-5,14H,(H2,12,17)(H,13,15,16);6-7H,3-5H2,1-2H3;3*1H. The van der Waals surface area contributed by atoms with Crippen molar-refractivity contribution in [2.24, 2.45) is 11.7 Å². The lowest BCUT2D eigenvalue weighted by atomic mass is 10.1. The van der Waals surface area contributed by atoms with Gasteiger partial charge in [-0.2, -0.15) is 0 Å². The summed E-state index contributed by atoms with van der Waals surface area (Å²) in [6, 6.07) is 3.57. The van der Waals surface area contributed by atoms with E-state index >= 15 is 0 Å². The van der Waals surface area contributed by atoms with Crippen LogP contribution in [0.25, 0.3) is 22.3 Å². The van der Waals surface area contributed by atoms with Crippen LogP contribution in [0.15, 0.2) is 30.9 Å². The minimum absolute atomic E-state index is 0. The van der Waals surface area contributed by atoms with Gasteiger partial charge in [0.2, 0.25) is 0 Å². The maximum atomic E-state index is 11.0. The Hall–Kier alpha value is -2.67. The number of nitrogens with zero attached hydrogens (tertiary/aromatic N) is 2. The number of rotatable bonds is 5. The summed E-state index contributed by atoms with van der Waals surface area (Å²) in [4.78, 5) is 25.2. The highest BCUT2D eigenvalue weighted by molar-refractivity contribution is 5.95. The third-order valence-electron chi connectivity index (χ3n) is 3.99. The van der Waals surface area contributed by atoms with Crippen molar-refractivity contribution in [3.8, 4) is 11.3 Å². The van der Waals surface area contributed by atoms with Crippen molar-refractivity contribution in [1.82, 2.24) is 19.9 Å². The van der Waals surface area contributed by atoms with E-state index in [1.807, 2.05) is 6.07 Å². The van der Waals surface area contributed by atoms with Crippen LogP contribution in [-0.4, -0.2) is 37.6 Å². The molecule has 0 aliphatic rings. The number of amides is 1. The summed E-state index contributed by atoms with van der Waals surface area (Å²) >= 11 is 0. The molecule has 0 aliphatic heterocycles. The number of aliphatic hydroxyl groups is 1. The predicted molar refractivity (Wildman–Crippen MR) is 99.7 cm³/mol. The summed E-state index contributed by atoms with van der Waals surface area (Å²) < 4.78 is 0. The molecule has 5 N–H and O–H groups in total. The van der Waals surface area contributed by atoms with Crippen LogP contribution in [0.4, 0.5) is 0 Å². The lowest BCUT2D eigenvalue weighted by Gasteiger charge is -2.04. The summed E-state index contributed by atoms with van der Waals surface area (Å²) in [5.74, 6) is 0.0515. The average Bonchev–Trinajstić information content (AvgIpc) is 3.26. The fraction of sp³-hybridized carbons (Fsp3) is 0.353. The Morgan fingerprint density at radius 3 is 2.62 bits per heavy atom. The molecule has 0 saturated carbocycles. The third-order valence-corrected chi connectivity index (χ3v) is 3.99. The Morgan fingerprint density at radius 1 is 1.33 bits per heavy atom. The van der Waals surface area contributed by atoms with E-state index in [0.29, 0.717) is 18.2 Å². The largest absolute Gasteiger partial charge is 0.396 e. The Labute approximate surface area is 144 Å². The van der Waals surface area contributed by atoms with Gasteiger partial charge >= 0.3 is 0 Å². The number of H-pyrrole nitrogens is 2. The minimum Gasteiger partial charge on any atom is -0.396 e. The van der Waals surface area contributed by atoms with Gasteiger partial charge in [-0.05, 0) is 18.1 Å². The molecule has 0 saturated heterocycles. The van der Waals surface area contributed by atoms with E-state index in [1.54, 1.807) is 18.5 Å². The van der Waals surface area contributed by atoms with Crippen LogP contribution in [0.3, 0.4) is 0 Å². The van der Waals surface area contributed by atoms with Gasteiger partial charge in [-0.25, -0.2) is 9.97 Å². The molecule has 1 amide bonds. The maximum absolute atomic E-state index is 11.0. The third kappa shape index (κ3) is 3.99. The van der Waals surface area contributed by atoms with E-state index in [-0.39, 0.29) is 4.28 Å². The topological polar surface area (TPSA) is 121 Å². The second-order valence-corrected chi connectivity index (χ2v) is 5.49. The first-order chi connectivity index (χ1) is 11.6. The number of primary amides is 1. The van der Waals surface area contributed by atoms with Crippen molar-refractivity contribution >= 4 is 16.9 Å². The number of carbonyl (C=O) groups excluding carboxylic acids is 1. The van der Waals surface area contributed by atoms with Gasteiger partial charge in [-0.3, -0.25) is 4.79 Å². The lowest BCUT2D eigenvalue weighted by Crippen LogP contribution is -2.10. The number of aliphatic hydroxyl groups excluding tert-OH is 1. The number of fused-ring (bicyclic) bond motifs is 1. The van der Waals surface area contributed by atoms with Crippen LogP contribution in [0.2, 0.25) is 0 Å². The van der Waals surface area contributed by atoms with Crippen LogP contribution in [0, 0.1) is 5.92 Å². The molecule has 0 atom stereocenters. The molecular formula is C17H29N5O2. The average molecular weight is 335 g/mol. The number of hydrogen-bond donors (Lipinski definition) is 4. The number of nitrogens with one attached hydrogen (secondary N) is 2. The van der Waals surface area contributed by atoms with E-state index < -0.39 is 5.91 Å². The zero-order valence-electron chi connectivity index (χ0n) is 13.9. The zero-order chi connectivity index (χ0) is 17.5. The highest BCUT2D eigenvalue weighted by Crippen LogP contribution is 2.24. The van der Waals surface area contributed by atoms with Crippen LogP contribution in [0.1, 0.15) is 41.5 Å². The van der Waals surface area contributed by atoms with Crippen molar-refractivity contribution in [3.63, 3.8) is 0 Å². The number of carbonyl (C=O) groups is 1. The number of aromatic nitrogens is 4. The molecule has 24 heavy (non-hydrogen) atoms. The van der Waals surface area contributed by atoms with E-state index in [0.717, 1.165) is 35.1 Å². The summed E-state index contributed by atoms with van der Waals surface area (Å²) in [5, 5.41) is 9.43. The molecule has 0 fully saturated rings. The number of hydrogen-bond acceptors (Lipinski definition) is 4. The summed E-state index contributed by atoms with van der Waals surface area (Å²) in [6.07, 6.45) is 7.18. The fourth-order valence-electron chi connectivity index (χ4n) is 2.32.